The second-order valence-corrected chi connectivity index (χ2v) is 3.62. The molecule has 1 aromatic rings. The number of hydrogen-bond donors (Lipinski definition) is 0. The Morgan fingerprint density at radius 2 is 2.33 bits per heavy atom. The summed E-state index contributed by atoms with van der Waals surface area (Å²) in [5.74, 6) is 0.348. The van der Waals surface area contributed by atoms with E-state index in [0.29, 0.717) is 11.4 Å². The van der Waals surface area contributed by atoms with Crippen molar-refractivity contribution in [2.75, 3.05) is 6.61 Å². The van der Waals surface area contributed by atoms with Gasteiger partial charge in [-0.25, -0.2) is 0 Å². The van der Waals surface area contributed by atoms with E-state index in [-0.39, 0.29) is 17.3 Å². The summed E-state index contributed by atoms with van der Waals surface area (Å²) in [5, 5.41) is 10.7. The molecule has 5 nitrogen and oxygen atoms in total. The Hall–Kier alpha value is -2.14. The Morgan fingerprint density at radius 3 is 2.83 bits per heavy atom. The molecule has 18 heavy (non-hydrogen) atoms. The highest BCUT2D eigenvalue weighted by atomic mass is 35.5. The second-order valence-electron chi connectivity index (χ2n) is 3.21. The fourth-order valence-corrected chi connectivity index (χ4v) is 1.38. The molecule has 0 heterocycles. The van der Waals surface area contributed by atoms with Crippen molar-refractivity contribution in [3.63, 3.8) is 0 Å². The minimum Gasteiger partial charge on any atom is -0.486 e. The highest BCUT2D eigenvalue weighted by Crippen LogP contribution is 2.28. The average Bonchev–Trinajstić information content (AvgIpc) is 2.35. The van der Waals surface area contributed by atoms with Crippen molar-refractivity contribution in [2.45, 2.75) is 0 Å². The maximum absolute atomic E-state index is 10.5. The number of nitro benzene ring substituents is 1. The molecule has 0 fully saturated rings. The van der Waals surface area contributed by atoms with Gasteiger partial charge in [0.2, 0.25) is 0 Å². The lowest BCUT2D eigenvalue weighted by molar-refractivity contribution is -0.384. The van der Waals surface area contributed by atoms with Crippen molar-refractivity contribution in [2.24, 2.45) is 4.99 Å². The van der Waals surface area contributed by atoms with Gasteiger partial charge in [-0.05, 0) is 18.9 Å². The summed E-state index contributed by atoms with van der Waals surface area (Å²) in [5.41, 5.74) is 0.496. The molecular weight excluding hydrogens is 256 g/mol. The fraction of sp³-hybridized carbons (Fsp3) is 0.0833. The molecule has 0 spiro atoms. The van der Waals surface area contributed by atoms with Crippen molar-refractivity contribution >= 4 is 24.0 Å². The first-order valence-corrected chi connectivity index (χ1v) is 5.31. The zero-order chi connectivity index (χ0) is 13.5. The van der Waals surface area contributed by atoms with Crippen LogP contribution in [-0.4, -0.2) is 18.2 Å². The third kappa shape index (κ3) is 3.71. The van der Waals surface area contributed by atoms with E-state index in [4.69, 9.17) is 16.3 Å². The van der Waals surface area contributed by atoms with E-state index in [1.54, 1.807) is 12.2 Å². The molecule has 0 bridgehead atoms. The van der Waals surface area contributed by atoms with E-state index in [0.717, 1.165) is 0 Å². The molecule has 6 heteroatoms. The smallest absolute Gasteiger partial charge is 0.271 e. The predicted molar refractivity (Wildman–Crippen MR) is 71.4 cm³/mol. The normalized spacial score (nSPS) is 10.8. The lowest BCUT2D eigenvalue weighted by Gasteiger charge is -2.07. The summed E-state index contributed by atoms with van der Waals surface area (Å²) >= 11 is 5.86. The van der Waals surface area contributed by atoms with Crippen LogP contribution in [0.25, 0.3) is 0 Å². The Bertz CT molecular complexity index is 512. The Morgan fingerprint density at radius 1 is 1.61 bits per heavy atom. The minimum absolute atomic E-state index is 0.0870. The van der Waals surface area contributed by atoms with Crippen LogP contribution in [0.2, 0.25) is 5.02 Å². The molecular formula is C12H11ClN2O3. The zero-order valence-electron chi connectivity index (χ0n) is 9.51. The maximum atomic E-state index is 10.5. The number of allylic oxidation sites excluding steroid dienone is 2. The van der Waals surface area contributed by atoms with Crippen LogP contribution in [-0.2, 0) is 0 Å². The molecule has 0 aliphatic heterocycles. The van der Waals surface area contributed by atoms with Gasteiger partial charge in [-0.2, -0.15) is 0 Å². The Balaban J connectivity index is 2.80. The third-order valence-electron chi connectivity index (χ3n) is 2.02. The molecule has 0 saturated carbocycles. The number of ether oxygens (including phenoxy) is 1. The first-order chi connectivity index (χ1) is 8.58. The molecule has 0 amide bonds. The SMILES string of the molecule is C=C/C=C(/COc1ccc([N+](=O)[O-])cc1Cl)N=C. The molecule has 1 rings (SSSR count). The Kier molecular flexibility index (Phi) is 5.07. The molecule has 0 unspecified atom stereocenters. The van der Waals surface area contributed by atoms with Crippen LogP contribution in [0.15, 0.2) is 47.6 Å². The molecule has 0 aliphatic carbocycles. The molecule has 0 radical (unpaired) electrons. The van der Waals surface area contributed by atoms with Crippen molar-refractivity contribution < 1.29 is 9.66 Å². The van der Waals surface area contributed by atoms with Gasteiger partial charge in [-0.15, -0.1) is 0 Å². The number of hydrogen-bond acceptors (Lipinski definition) is 4. The summed E-state index contributed by atoms with van der Waals surface area (Å²) in [6.45, 7) is 7.07. The summed E-state index contributed by atoms with van der Waals surface area (Å²) in [6.07, 6.45) is 3.21. The van der Waals surface area contributed by atoms with Crippen LogP contribution in [0.4, 0.5) is 5.69 Å². The summed E-state index contributed by atoms with van der Waals surface area (Å²) < 4.78 is 5.37. The van der Waals surface area contributed by atoms with Crippen LogP contribution >= 0.6 is 11.6 Å². The van der Waals surface area contributed by atoms with E-state index in [1.165, 1.54) is 18.2 Å². The predicted octanol–water partition coefficient (Wildman–Crippen LogP) is 3.40. The van der Waals surface area contributed by atoms with Gasteiger partial charge in [0.1, 0.15) is 12.4 Å². The average molecular weight is 267 g/mol. The van der Waals surface area contributed by atoms with E-state index in [1.807, 2.05) is 0 Å². The topological polar surface area (TPSA) is 64.7 Å². The largest absolute Gasteiger partial charge is 0.486 e. The van der Waals surface area contributed by atoms with Gasteiger partial charge in [-0.1, -0.05) is 24.3 Å². The number of nitrogens with zero attached hydrogens (tertiary/aromatic N) is 2. The first kappa shape index (κ1) is 13.9. The van der Waals surface area contributed by atoms with Gasteiger partial charge >= 0.3 is 0 Å². The van der Waals surface area contributed by atoms with Crippen molar-refractivity contribution in [3.8, 4) is 5.75 Å². The van der Waals surface area contributed by atoms with Crippen molar-refractivity contribution in [3.05, 3.63) is 57.8 Å². The molecule has 0 atom stereocenters. The highest BCUT2D eigenvalue weighted by Gasteiger charge is 2.10. The van der Waals surface area contributed by atoms with Crippen LogP contribution in [0.1, 0.15) is 0 Å². The van der Waals surface area contributed by atoms with Gasteiger partial charge in [0, 0.05) is 12.1 Å². The monoisotopic (exact) mass is 266 g/mol. The lowest BCUT2D eigenvalue weighted by atomic mass is 10.3. The summed E-state index contributed by atoms with van der Waals surface area (Å²) in [4.78, 5) is 13.7. The Labute approximate surface area is 109 Å². The number of benzene rings is 1. The maximum Gasteiger partial charge on any atom is 0.271 e. The molecule has 0 N–H and O–H groups in total. The van der Waals surface area contributed by atoms with Crippen molar-refractivity contribution in [1.82, 2.24) is 0 Å². The van der Waals surface area contributed by atoms with Crippen LogP contribution in [0.5, 0.6) is 5.75 Å². The standard InChI is InChI=1S/C12H11ClN2O3/c1-3-4-9(14-2)8-18-12-6-5-10(15(16)17)7-11(12)13/h3-7H,1-2,8H2/b9-4-. The van der Waals surface area contributed by atoms with Gasteiger partial charge in [0.05, 0.1) is 15.6 Å². The number of aliphatic imine (C=N–C) groups is 1. The number of halogens is 1. The quantitative estimate of drug-likeness (QED) is 0.343. The fourth-order valence-electron chi connectivity index (χ4n) is 1.15. The number of non-ortho nitro benzene ring substituents is 1. The molecule has 94 valence electrons. The van der Waals surface area contributed by atoms with Gasteiger partial charge in [-0.3, -0.25) is 15.1 Å². The van der Waals surface area contributed by atoms with E-state index < -0.39 is 4.92 Å². The summed E-state index contributed by atoms with van der Waals surface area (Å²) in [6, 6.07) is 3.99. The van der Waals surface area contributed by atoms with Crippen LogP contribution in [0.3, 0.4) is 0 Å². The second kappa shape index (κ2) is 6.56. The number of rotatable bonds is 6. The molecule has 0 aromatic heterocycles. The van der Waals surface area contributed by atoms with E-state index in [2.05, 4.69) is 18.3 Å². The third-order valence-corrected chi connectivity index (χ3v) is 2.31. The molecule has 0 aliphatic rings. The van der Waals surface area contributed by atoms with Crippen LogP contribution in [0, 0.1) is 10.1 Å². The number of nitro groups is 1. The van der Waals surface area contributed by atoms with Crippen molar-refractivity contribution in [1.29, 1.82) is 0 Å². The highest BCUT2D eigenvalue weighted by molar-refractivity contribution is 6.32. The van der Waals surface area contributed by atoms with E-state index >= 15 is 0 Å². The molecule has 0 saturated heterocycles. The van der Waals surface area contributed by atoms with Gasteiger partial charge < -0.3 is 4.74 Å². The minimum atomic E-state index is -0.524. The molecule has 1 aromatic carbocycles. The summed E-state index contributed by atoms with van der Waals surface area (Å²) in [7, 11) is 0. The lowest BCUT2D eigenvalue weighted by Crippen LogP contribution is -2.00. The first-order valence-electron chi connectivity index (χ1n) is 4.93. The van der Waals surface area contributed by atoms with Crippen LogP contribution < -0.4 is 4.74 Å². The van der Waals surface area contributed by atoms with E-state index in [9.17, 15) is 10.1 Å². The van der Waals surface area contributed by atoms with Gasteiger partial charge in [0.15, 0.2) is 0 Å². The zero-order valence-corrected chi connectivity index (χ0v) is 10.3. The van der Waals surface area contributed by atoms with Gasteiger partial charge in [0.25, 0.3) is 5.69 Å².